The van der Waals surface area contributed by atoms with Crippen LogP contribution in [0.3, 0.4) is 0 Å². The molecule has 0 aliphatic heterocycles. The van der Waals surface area contributed by atoms with Crippen LogP contribution < -0.4 is 10.6 Å². The van der Waals surface area contributed by atoms with Gasteiger partial charge in [0, 0.05) is 20.2 Å². The molecule has 0 fully saturated rings. The zero-order valence-electron chi connectivity index (χ0n) is 18.9. The summed E-state index contributed by atoms with van der Waals surface area (Å²) < 4.78 is 6.30. The maximum absolute atomic E-state index is 12.6. The lowest BCUT2D eigenvalue weighted by atomic mass is 10.0. The lowest BCUT2D eigenvalue weighted by molar-refractivity contribution is 0.0748. The van der Waals surface area contributed by atoms with Gasteiger partial charge < -0.3 is 15.4 Å². The number of anilines is 2. The molecule has 0 bridgehead atoms. The quantitative estimate of drug-likeness (QED) is 0.342. The molecule has 0 atom stereocenters. The number of fused-ring (bicyclic) bond motifs is 2. The van der Waals surface area contributed by atoms with Gasteiger partial charge in [-0.3, -0.25) is 4.79 Å². The molecule has 34 heavy (non-hydrogen) atoms. The van der Waals surface area contributed by atoms with Crippen molar-refractivity contribution in [3.8, 4) is 0 Å². The van der Waals surface area contributed by atoms with E-state index < -0.39 is 0 Å². The van der Waals surface area contributed by atoms with Crippen LogP contribution in [-0.2, 0) is 17.8 Å². The van der Waals surface area contributed by atoms with E-state index in [1.54, 1.807) is 0 Å². The Hall–Kier alpha value is -4.23. The van der Waals surface area contributed by atoms with E-state index in [-0.39, 0.29) is 12.5 Å². The number of aromatic nitrogens is 3. The maximum Gasteiger partial charge on any atom is 0.276 e. The summed E-state index contributed by atoms with van der Waals surface area (Å²) in [7, 11) is 1.48. The molecule has 1 heterocycles. The van der Waals surface area contributed by atoms with Crippen molar-refractivity contribution in [3.63, 3.8) is 0 Å². The minimum Gasteiger partial charge on any atom is -0.375 e. The van der Waals surface area contributed by atoms with E-state index in [0.29, 0.717) is 25.0 Å². The smallest absolute Gasteiger partial charge is 0.276 e. The normalized spacial score (nSPS) is 11.1. The van der Waals surface area contributed by atoms with Crippen LogP contribution in [0.1, 0.15) is 15.9 Å². The molecule has 2 N–H and O–H groups in total. The summed E-state index contributed by atoms with van der Waals surface area (Å²) in [4.78, 5) is 17.2. The van der Waals surface area contributed by atoms with Crippen molar-refractivity contribution in [3.05, 3.63) is 96.1 Å². The second kappa shape index (κ2) is 9.72. The van der Waals surface area contributed by atoms with Gasteiger partial charge in [0.1, 0.15) is 6.61 Å². The molecule has 0 aliphatic rings. The Bertz CT molecular complexity index is 1450. The summed E-state index contributed by atoms with van der Waals surface area (Å²) in [5, 5.41) is 15.6. The number of hydrogen-bond acceptors (Lipinski definition) is 6. The molecule has 0 saturated carbocycles. The van der Waals surface area contributed by atoms with E-state index in [9.17, 15) is 4.79 Å². The number of benzene rings is 4. The van der Waals surface area contributed by atoms with Crippen molar-refractivity contribution in [1.82, 2.24) is 14.8 Å². The van der Waals surface area contributed by atoms with Crippen LogP contribution in [-0.4, -0.2) is 34.4 Å². The average Bonchev–Trinajstić information content (AvgIpc) is 3.29. The Morgan fingerprint density at radius 3 is 1.97 bits per heavy atom. The number of carbonyl (C=O) groups excluding carboxylic acids is 1. The monoisotopic (exact) mass is 451 g/mol. The molecular formula is C27H25N5O2. The van der Waals surface area contributed by atoms with Crippen molar-refractivity contribution >= 4 is 39.3 Å². The van der Waals surface area contributed by atoms with Crippen molar-refractivity contribution in [2.45, 2.75) is 13.1 Å². The molecule has 0 spiro atoms. The molecule has 5 aromatic rings. The van der Waals surface area contributed by atoms with E-state index in [1.807, 2.05) is 36.4 Å². The number of nitrogens with zero attached hydrogens (tertiary/aromatic N) is 3. The van der Waals surface area contributed by atoms with Crippen LogP contribution in [0.5, 0.6) is 0 Å². The Balaban J connectivity index is 1.38. The van der Waals surface area contributed by atoms with Crippen molar-refractivity contribution in [1.29, 1.82) is 0 Å². The Morgan fingerprint density at radius 2 is 1.35 bits per heavy atom. The molecule has 0 radical (unpaired) electrons. The van der Waals surface area contributed by atoms with Gasteiger partial charge in [0.2, 0.25) is 11.9 Å². The minimum atomic E-state index is -0.298. The highest BCUT2D eigenvalue weighted by Crippen LogP contribution is 2.21. The Labute approximate surface area is 197 Å². The third-order valence-electron chi connectivity index (χ3n) is 5.74. The first-order valence-electron chi connectivity index (χ1n) is 11.1. The first-order valence-corrected chi connectivity index (χ1v) is 11.1. The zero-order valence-corrected chi connectivity index (χ0v) is 18.9. The Kier molecular flexibility index (Phi) is 6.18. The van der Waals surface area contributed by atoms with Crippen LogP contribution in [0.2, 0.25) is 0 Å². The topological polar surface area (TPSA) is 81.1 Å². The van der Waals surface area contributed by atoms with Gasteiger partial charge in [-0.15, -0.1) is 5.10 Å². The predicted octanol–water partition coefficient (Wildman–Crippen LogP) is 5.10. The van der Waals surface area contributed by atoms with Crippen LogP contribution >= 0.6 is 0 Å². The summed E-state index contributed by atoms with van der Waals surface area (Å²) in [6.45, 7) is 0.949. The fourth-order valence-corrected chi connectivity index (χ4v) is 4.10. The SMILES string of the molecule is COCC(=O)n1nc(NCc2cccc3ccccc23)nc1NCc1cccc2ccccc12. The maximum atomic E-state index is 12.6. The second-order valence-electron chi connectivity index (χ2n) is 7.98. The van der Waals surface area contributed by atoms with Gasteiger partial charge in [0.25, 0.3) is 5.91 Å². The number of methoxy groups -OCH3 is 1. The van der Waals surface area contributed by atoms with Gasteiger partial charge in [-0.25, -0.2) is 0 Å². The highest BCUT2D eigenvalue weighted by Gasteiger charge is 2.16. The van der Waals surface area contributed by atoms with Gasteiger partial charge in [0.05, 0.1) is 0 Å². The van der Waals surface area contributed by atoms with Crippen LogP contribution in [0, 0.1) is 0 Å². The highest BCUT2D eigenvalue weighted by molar-refractivity contribution is 5.87. The van der Waals surface area contributed by atoms with E-state index in [4.69, 9.17) is 4.74 Å². The number of hydrogen-bond donors (Lipinski definition) is 2. The number of rotatable bonds is 8. The summed E-state index contributed by atoms with van der Waals surface area (Å²) in [5.74, 6) is 0.446. The van der Waals surface area contributed by atoms with Gasteiger partial charge in [-0.2, -0.15) is 9.67 Å². The largest absolute Gasteiger partial charge is 0.375 e. The van der Waals surface area contributed by atoms with E-state index >= 15 is 0 Å². The summed E-state index contributed by atoms with van der Waals surface area (Å²) in [6.07, 6.45) is 0. The molecule has 0 aliphatic carbocycles. The second-order valence-corrected chi connectivity index (χ2v) is 7.98. The van der Waals surface area contributed by atoms with E-state index in [2.05, 4.69) is 69.2 Å². The molecule has 0 saturated heterocycles. The molecule has 170 valence electrons. The molecule has 1 aromatic heterocycles. The van der Waals surface area contributed by atoms with Gasteiger partial charge in [-0.1, -0.05) is 84.9 Å². The van der Waals surface area contributed by atoms with Gasteiger partial charge >= 0.3 is 0 Å². The Morgan fingerprint density at radius 1 is 0.794 bits per heavy atom. The lowest BCUT2D eigenvalue weighted by Gasteiger charge is -2.09. The standard InChI is InChI=1S/C27H25N5O2/c1-34-18-25(33)32-27(29-17-22-13-7-11-20-9-3-5-15-24(20)22)30-26(31-32)28-16-21-12-6-10-19-8-2-4-14-23(19)21/h2-15H,16-18H2,1H3,(H2,28,29,30,31). The molecular weight excluding hydrogens is 426 g/mol. The first-order chi connectivity index (χ1) is 16.7. The summed E-state index contributed by atoms with van der Waals surface area (Å²) in [6, 6.07) is 28.8. The van der Waals surface area contributed by atoms with Crippen molar-refractivity contribution < 1.29 is 9.53 Å². The van der Waals surface area contributed by atoms with E-state index in [0.717, 1.165) is 21.9 Å². The van der Waals surface area contributed by atoms with Crippen LogP contribution in [0.4, 0.5) is 11.9 Å². The summed E-state index contributed by atoms with van der Waals surface area (Å²) >= 11 is 0. The average molecular weight is 452 g/mol. The molecule has 0 unspecified atom stereocenters. The lowest BCUT2D eigenvalue weighted by Crippen LogP contribution is -2.20. The fourth-order valence-electron chi connectivity index (χ4n) is 4.10. The third-order valence-corrected chi connectivity index (χ3v) is 5.74. The zero-order chi connectivity index (χ0) is 23.3. The van der Waals surface area contributed by atoms with Crippen LogP contribution in [0.25, 0.3) is 21.5 Å². The number of carbonyl (C=O) groups is 1. The summed E-state index contributed by atoms with van der Waals surface area (Å²) in [5.41, 5.74) is 2.24. The highest BCUT2D eigenvalue weighted by atomic mass is 16.5. The fraction of sp³-hybridized carbons (Fsp3) is 0.148. The molecule has 7 nitrogen and oxygen atoms in total. The molecule has 7 heteroatoms. The first kappa shape index (κ1) is 21.6. The molecule has 5 rings (SSSR count). The minimum absolute atomic E-state index is 0.0882. The number of nitrogens with one attached hydrogen (secondary N) is 2. The van der Waals surface area contributed by atoms with Crippen LogP contribution in [0.15, 0.2) is 84.9 Å². The number of ether oxygens (including phenoxy) is 1. The van der Waals surface area contributed by atoms with Gasteiger partial charge in [0.15, 0.2) is 0 Å². The molecule has 4 aromatic carbocycles. The van der Waals surface area contributed by atoms with Crippen molar-refractivity contribution in [2.24, 2.45) is 0 Å². The third kappa shape index (κ3) is 4.46. The predicted molar refractivity (Wildman–Crippen MR) is 135 cm³/mol. The van der Waals surface area contributed by atoms with E-state index in [1.165, 1.54) is 22.6 Å². The molecule has 0 amide bonds. The van der Waals surface area contributed by atoms with Gasteiger partial charge in [-0.05, 0) is 32.7 Å². The van der Waals surface area contributed by atoms with Crippen molar-refractivity contribution in [2.75, 3.05) is 24.4 Å².